The van der Waals surface area contributed by atoms with Crippen LogP contribution in [0.25, 0.3) is 0 Å². The minimum absolute atomic E-state index is 0.235. The summed E-state index contributed by atoms with van der Waals surface area (Å²) >= 11 is 3.12. The van der Waals surface area contributed by atoms with Crippen molar-refractivity contribution in [2.24, 2.45) is 0 Å². The molecule has 1 aliphatic rings. The van der Waals surface area contributed by atoms with E-state index in [4.69, 9.17) is 4.74 Å². The number of esters is 1. The first-order chi connectivity index (χ1) is 10.8. The molecule has 0 aromatic heterocycles. The third kappa shape index (κ3) is 3.90. The Morgan fingerprint density at radius 2 is 2.17 bits per heavy atom. The Hall–Kier alpha value is -1.89. The van der Waals surface area contributed by atoms with Gasteiger partial charge in [0.2, 0.25) is 0 Å². The van der Waals surface area contributed by atoms with Gasteiger partial charge in [-0.3, -0.25) is 0 Å². The van der Waals surface area contributed by atoms with Gasteiger partial charge in [0.25, 0.3) is 0 Å². The minimum Gasteiger partial charge on any atom is -0.459 e. The first-order valence-corrected chi connectivity index (χ1v) is 8.07. The quantitative estimate of drug-likeness (QED) is 0.779. The number of ether oxygens (including phenoxy) is 1. The SMILES string of the molecule is CC[C@@H](C)OC(=O)C1=C(C)NC(=O)N[C@H]1c1ccc(F)c(Br)c1. The summed E-state index contributed by atoms with van der Waals surface area (Å²) in [5.41, 5.74) is 1.32. The van der Waals surface area contributed by atoms with Crippen molar-refractivity contribution in [3.05, 3.63) is 45.3 Å². The molecule has 2 N–H and O–H groups in total. The molecule has 1 aromatic carbocycles. The molecule has 2 amide bonds. The van der Waals surface area contributed by atoms with Crippen LogP contribution in [0.3, 0.4) is 0 Å². The van der Waals surface area contributed by atoms with Gasteiger partial charge in [-0.1, -0.05) is 13.0 Å². The number of amides is 2. The van der Waals surface area contributed by atoms with Gasteiger partial charge >= 0.3 is 12.0 Å². The molecule has 0 unspecified atom stereocenters. The zero-order valence-electron chi connectivity index (χ0n) is 13.1. The fourth-order valence-corrected chi connectivity index (χ4v) is 2.63. The van der Waals surface area contributed by atoms with Crippen LogP contribution >= 0.6 is 15.9 Å². The van der Waals surface area contributed by atoms with Gasteiger partial charge in [-0.05, 0) is 53.9 Å². The van der Waals surface area contributed by atoms with E-state index in [1.165, 1.54) is 18.2 Å². The average molecular weight is 385 g/mol. The highest BCUT2D eigenvalue weighted by molar-refractivity contribution is 9.10. The summed E-state index contributed by atoms with van der Waals surface area (Å²) in [5, 5.41) is 5.25. The maximum atomic E-state index is 13.4. The lowest BCUT2D eigenvalue weighted by atomic mass is 9.95. The Morgan fingerprint density at radius 3 is 2.78 bits per heavy atom. The van der Waals surface area contributed by atoms with E-state index >= 15 is 0 Å². The van der Waals surface area contributed by atoms with E-state index in [0.29, 0.717) is 23.3 Å². The number of nitrogens with one attached hydrogen (secondary N) is 2. The summed E-state index contributed by atoms with van der Waals surface area (Å²) in [6.45, 7) is 5.35. The first kappa shape index (κ1) is 17.5. The van der Waals surface area contributed by atoms with Crippen LogP contribution in [0.5, 0.6) is 0 Å². The summed E-state index contributed by atoms with van der Waals surface area (Å²) in [4.78, 5) is 24.2. The molecular weight excluding hydrogens is 367 g/mol. The normalized spacial score (nSPS) is 19.0. The average Bonchev–Trinajstić information content (AvgIpc) is 2.48. The lowest BCUT2D eigenvalue weighted by Gasteiger charge is -2.29. The molecule has 0 saturated carbocycles. The molecule has 2 atom stereocenters. The predicted molar refractivity (Wildman–Crippen MR) is 87.1 cm³/mol. The Morgan fingerprint density at radius 1 is 1.48 bits per heavy atom. The van der Waals surface area contributed by atoms with Crippen molar-refractivity contribution in [1.29, 1.82) is 0 Å². The number of benzene rings is 1. The van der Waals surface area contributed by atoms with Crippen molar-refractivity contribution in [3.63, 3.8) is 0 Å². The van der Waals surface area contributed by atoms with Gasteiger partial charge in [0, 0.05) is 5.70 Å². The zero-order valence-corrected chi connectivity index (χ0v) is 14.7. The molecule has 2 rings (SSSR count). The van der Waals surface area contributed by atoms with E-state index < -0.39 is 23.9 Å². The van der Waals surface area contributed by atoms with Crippen LogP contribution < -0.4 is 10.6 Å². The molecule has 5 nitrogen and oxygen atoms in total. The molecule has 0 fully saturated rings. The maximum Gasteiger partial charge on any atom is 0.338 e. The molecular formula is C16H18BrFN2O3. The van der Waals surface area contributed by atoms with E-state index in [1.807, 2.05) is 6.92 Å². The van der Waals surface area contributed by atoms with E-state index in [9.17, 15) is 14.0 Å². The predicted octanol–water partition coefficient (Wildman–Crippen LogP) is 3.56. The molecule has 1 aliphatic heterocycles. The van der Waals surface area contributed by atoms with Crippen LogP contribution in [-0.2, 0) is 9.53 Å². The lowest BCUT2D eigenvalue weighted by Crippen LogP contribution is -2.45. The van der Waals surface area contributed by atoms with Crippen molar-refractivity contribution in [3.8, 4) is 0 Å². The van der Waals surface area contributed by atoms with E-state index in [2.05, 4.69) is 26.6 Å². The fraction of sp³-hybridized carbons (Fsp3) is 0.375. The molecule has 1 heterocycles. The van der Waals surface area contributed by atoms with Crippen molar-refractivity contribution in [2.45, 2.75) is 39.3 Å². The van der Waals surface area contributed by atoms with E-state index in [-0.39, 0.29) is 10.6 Å². The second kappa shape index (κ2) is 7.12. The molecule has 0 aliphatic carbocycles. The van der Waals surface area contributed by atoms with Gasteiger partial charge in [-0.2, -0.15) is 0 Å². The molecule has 7 heteroatoms. The lowest BCUT2D eigenvalue weighted by molar-refractivity contribution is -0.144. The van der Waals surface area contributed by atoms with Gasteiger partial charge in [-0.25, -0.2) is 14.0 Å². The van der Waals surface area contributed by atoms with Gasteiger partial charge in [0.05, 0.1) is 22.2 Å². The van der Waals surface area contributed by atoms with Crippen molar-refractivity contribution < 1.29 is 18.7 Å². The highest BCUT2D eigenvalue weighted by atomic mass is 79.9. The zero-order chi connectivity index (χ0) is 17.1. The Balaban J connectivity index is 2.41. The van der Waals surface area contributed by atoms with Crippen LogP contribution in [0.2, 0.25) is 0 Å². The summed E-state index contributed by atoms with van der Waals surface area (Å²) in [7, 11) is 0. The number of allylic oxidation sites excluding steroid dienone is 1. The third-order valence-corrected chi connectivity index (χ3v) is 4.26. The van der Waals surface area contributed by atoms with Gasteiger partial charge in [0.1, 0.15) is 5.82 Å². The molecule has 0 spiro atoms. The van der Waals surface area contributed by atoms with Crippen molar-refractivity contribution in [1.82, 2.24) is 10.6 Å². The molecule has 124 valence electrons. The maximum absolute atomic E-state index is 13.4. The Bertz CT molecular complexity index is 675. The molecule has 0 radical (unpaired) electrons. The summed E-state index contributed by atoms with van der Waals surface area (Å²) < 4.78 is 19.1. The van der Waals surface area contributed by atoms with Crippen LogP contribution in [0.4, 0.5) is 9.18 Å². The second-order valence-electron chi connectivity index (χ2n) is 5.37. The molecule has 0 saturated heterocycles. The van der Waals surface area contributed by atoms with Gasteiger partial charge < -0.3 is 15.4 Å². The van der Waals surface area contributed by atoms with Crippen LogP contribution in [0.1, 0.15) is 38.8 Å². The molecule has 0 bridgehead atoms. The minimum atomic E-state index is -0.697. The standard InChI is InChI=1S/C16H18BrFN2O3/c1-4-8(2)23-15(21)13-9(3)19-16(22)20-14(13)10-5-6-12(18)11(17)7-10/h5-8,14H,4H2,1-3H3,(H2,19,20,22)/t8-,14+/m1/s1. The monoisotopic (exact) mass is 384 g/mol. The Kier molecular flexibility index (Phi) is 5.41. The summed E-state index contributed by atoms with van der Waals surface area (Å²) in [6.07, 6.45) is 0.450. The largest absolute Gasteiger partial charge is 0.459 e. The summed E-state index contributed by atoms with van der Waals surface area (Å²) in [6, 6.07) is 3.22. The second-order valence-corrected chi connectivity index (χ2v) is 6.22. The summed E-state index contributed by atoms with van der Waals surface area (Å²) in [5.74, 6) is -0.923. The van der Waals surface area contributed by atoms with E-state index in [0.717, 1.165) is 0 Å². The highest BCUT2D eigenvalue weighted by Gasteiger charge is 2.33. The van der Waals surface area contributed by atoms with Gasteiger partial charge in [-0.15, -0.1) is 0 Å². The topological polar surface area (TPSA) is 67.4 Å². The Labute approximate surface area is 142 Å². The molecule has 23 heavy (non-hydrogen) atoms. The number of hydrogen-bond acceptors (Lipinski definition) is 3. The number of rotatable bonds is 4. The third-order valence-electron chi connectivity index (χ3n) is 3.65. The van der Waals surface area contributed by atoms with E-state index in [1.54, 1.807) is 13.8 Å². The smallest absolute Gasteiger partial charge is 0.338 e. The van der Waals surface area contributed by atoms with Crippen LogP contribution in [0.15, 0.2) is 33.9 Å². The number of halogens is 2. The first-order valence-electron chi connectivity index (χ1n) is 7.27. The van der Waals surface area contributed by atoms with Crippen molar-refractivity contribution >= 4 is 27.9 Å². The fourth-order valence-electron chi connectivity index (χ4n) is 2.24. The highest BCUT2D eigenvalue weighted by Crippen LogP contribution is 2.30. The number of carbonyl (C=O) groups is 2. The number of hydrogen-bond donors (Lipinski definition) is 2. The number of urea groups is 1. The van der Waals surface area contributed by atoms with Crippen LogP contribution in [-0.4, -0.2) is 18.1 Å². The van der Waals surface area contributed by atoms with Gasteiger partial charge in [0.15, 0.2) is 0 Å². The van der Waals surface area contributed by atoms with Crippen LogP contribution in [0, 0.1) is 5.82 Å². The molecule has 1 aromatic rings. The van der Waals surface area contributed by atoms with Crippen molar-refractivity contribution in [2.75, 3.05) is 0 Å². The number of carbonyl (C=O) groups excluding carboxylic acids is 2.